The van der Waals surface area contributed by atoms with E-state index >= 15 is 0 Å². The second-order valence-corrected chi connectivity index (χ2v) is 7.48. The van der Waals surface area contributed by atoms with E-state index in [1.54, 1.807) is 36.4 Å². The SMILES string of the molecule is Cc1ccc(C(=O)NC(=S)Nc2cccc(NC(=O)c3ccccc3C)c2)c(C)c1. The van der Waals surface area contributed by atoms with Gasteiger partial charge in [0.1, 0.15) is 0 Å². The first-order valence-corrected chi connectivity index (χ1v) is 9.91. The lowest BCUT2D eigenvalue weighted by molar-refractivity contribution is 0.0975. The van der Waals surface area contributed by atoms with E-state index in [0.29, 0.717) is 22.5 Å². The van der Waals surface area contributed by atoms with Crippen molar-refractivity contribution < 1.29 is 9.59 Å². The van der Waals surface area contributed by atoms with E-state index in [1.807, 2.05) is 51.1 Å². The van der Waals surface area contributed by atoms with E-state index in [2.05, 4.69) is 16.0 Å². The van der Waals surface area contributed by atoms with Crippen LogP contribution in [0.3, 0.4) is 0 Å². The van der Waals surface area contributed by atoms with Gasteiger partial charge in [0.2, 0.25) is 0 Å². The molecule has 0 aliphatic heterocycles. The molecule has 5 nitrogen and oxygen atoms in total. The van der Waals surface area contributed by atoms with Crippen LogP contribution in [-0.2, 0) is 0 Å². The monoisotopic (exact) mass is 417 g/mol. The van der Waals surface area contributed by atoms with E-state index < -0.39 is 0 Å². The molecule has 152 valence electrons. The van der Waals surface area contributed by atoms with Crippen molar-refractivity contribution in [1.29, 1.82) is 0 Å². The van der Waals surface area contributed by atoms with E-state index in [1.165, 1.54) is 0 Å². The number of anilines is 2. The van der Waals surface area contributed by atoms with E-state index in [0.717, 1.165) is 16.7 Å². The number of thiocarbonyl (C=S) groups is 1. The lowest BCUT2D eigenvalue weighted by Crippen LogP contribution is -2.34. The Morgan fingerprint density at radius 2 is 1.37 bits per heavy atom. The maximum absolute atomic E-state index is 12.5. The molecular weight excluding hydrogens is 394 g/mol. The standard InChI is InChI=1S/C24H23N3O2S/c1-15-11-12-21(17(3)13-15)23(29)27-24(30)26-19-9-6-8-18(14-19)25-22(28)20-10-5-4-7-16(20)2/h4-14H,1-3H3,(H,25,28)(H2,26,27,29,30). The van der Waals surface area contributed by atoms with Crippen molar-refractivity contribution in [3.8, 4) is 0 Å². The molecular formula is C24H23N3O2S. The van der Waals surface area contributed by atoms with E-state index in [4.69, 9.17) is 12.2 Å². The number of hydrogen-bond donors (Lipinski definition) is 3. The molecule has 0 fully saturated rings. The summed E-state index contributed by atoms with van der Waals surface area (Å²) < 4.78 is 0. The fourth-order valence-electron chi connectivity index (χ4n) is 3.10. The summed E-state index contributed by atoms with van der Waals surface area (Å²) in [6.45, 7) is 5.76. The van der Waals surface area contributed by atoms with Gasteiger partial charge in [0, 0.05) is 22.5 Å². The zero-order valence-corrected chi connectivity index (χ0v) is 17.9. The zero-order valence-electron chi connectivity index (χ0n) is 17.1. The molecule has 0 aliphatic rings. The Labute approximate surface area is 181 Å². The maximum Gasteiger partial charge on any atom is 0.257 e. The number of rotatable bonds is 4. The molecule has 0 bridgehead atoms. The Bertz CT molecular complexity index is 1120. The van der Waals surface area contributed by atoms with Gasteiger partial charge in [-0.1, -0.05) is 42.0 Å². The molecule has 0 aliphatic carbocycles. The van der Waals surface area contributed by atoms with Crippen molar-refractivity contribution in [2.45, 2.75) is 20.8 Å². The molecule has 2 amide bonds. The van der Waals surface area contributed by atoms with Crippen molar-refractivity contribution >= 4 is 40.5 Å². The van der Waals surface area contributed by atoms with Gasteiger partial charge in [-0.25, -0.2) is 0 Å². The topological polar surface area (TPSA) is 70.2 Å². The highest BCUT2D eigenvalue weighted by Gasteiger charge is 2.12. The molecule has 3 N–H and O–H groups in total. The first-order valence-electron chi connectivity index (χ1n) is 9.50. The van der Waals surface area contributed by atoms with Crippen LogP contribution >= 0.6 is 12.2 Å². The minimum atomic E-state index is -0.269. The Kier molecular flexibility index (Phi) is 6.59. The van der Waals surface area contributed by atoms with Crippen molar-refractivity contribution in [1.82, 2.24) is 5.32 Å². The van der Waals surface area contributed by atoms with Gasteiger partial charge >= 0.3 is 0 Å². The first-order chi connectivity index (χ1) is 14.3. The summed E-state index contributed by atoms with van der Waals surface area (Å²) in [6.07, 6.45) is 0. The third-order valence-electron chi connectivity index (χ3n) is 4.62. The number of amides is 2. The molecule has 0 saturated carbocycles. The van der Waals surface area contributed by atoms with Crippen LogP contribution in [0.2, 0.25) is 0 Å². The largest absolute Gasteiger partial charge is 0.332 e. The van der Waals surface area contributed by atoms with E-state index in [-0.39, 0.29) is 16.9 Å². The summed E-state index contributed by atoms with van der Waals surface area (Å²) in [4.78, 5) is 25.0. The molecule has 0 heterocycles. The van der Waals surface area contributed by atoms with Crippen LogP contribution in [-0.4, -0.2) is 16.9 Å². The maximum atomic E-state index is 12.5. The van der Waals surface area contributed by atoms with Gasteiger partial charge in [-0.15, -0.1) is 0 Å². The summed E-state index contributed by atoms with van der Waals surface area (Å²) in [7, 11) is 0. The molecule has 3 aromatic rings. The highest BCUT2D eigenvalue weighted by atomic mass is 32.1. The summed E-state index contributed by atoms with van der Waals surface area (Å²) in [5.41, 5.74) is 5.35. The normalized spacial score (nSPS) is 10.2. The fraction of sp³-hybridized carbons (Fsp3) is 0.125. The average molecular weight is 418 g/mol. The second kappa shape index (κ2) is 9.33. The molecule has 0 radical (unpaired) electrons. The Balaban J connectivity index is 1.64. The Morgan fingerprint density at radius 3 is 2.07 bits per heavy atom. The van der Waals surface area contributed by atoms with Gasteiger partial charge in [-0.2, -0.15) is 0 Å². The highest BCUT2D eigenvalue weighted by Crippen LogP contribution is 2.17. The third kappa shape index (κ3) is 5.30. The molecule has 0 atom stereocenters. The lowest BCUT2D eigenvalue weighted by atomic mass is 10.1. The second-order valence-electron chi connectivity index (χ2n) is 7.08. The predicted octanol–water partition coefficient (Wildman–Crippen LogP) is 4.99. The van der Waals surface area contributed by atoms with Crippen molar-refractivity contribution in [3.05, 3.63) is 94.5 Å². The summed E-state index contributed by atoms with van der Waals surface area (Å²) in [5.74, 6) is -0.454. The number of aryl methyl sites for hydroxylation is 3. The highest BCUT2D eigenvalue weighted by molar-refractivity contribution is 7.80. The molecule has 0 aromatic heterocycles. The summed E-state index contributed by atoms with van der Waals surface area (Å²) in [6, 6.07) is 20.2. The Morgan fingerprint density at radius 1 is 0.700 bits per heavy atom. The lowest BCUT2D eigenvalue weighted by Gasteiger charge is -2.13. The first kappa shape index (κ1) is 21.2. The van der Waals surface area contributed by atoms with Crippen LogP contribution in [0.4, 0.5) is 11.4 Å². The van der Waals surface area contributed by atoms with Crippen LogP contribution in [0, 0.1) is 20.8 Å². The zero-order chi connectivity index (χ0) is 21.7. The average Bonchev–Trinajstić information content (AvgIpc) is 2.68. The number of carbonyl (C=O) groups excluding carboxylic acids is 2. The molecule has 0 spiro atoms. The predicted molar refractivity (Wildman–Crippen MR) is 125 cm³/mol. The van der Waals surface area contributed by atoms with Crippen LogP contribution < -0.4 is 16.0 Å². The van der Waals surface area contributed by atoms with Crippen molar-refractivity contribution in [3.63, 3.8) is 0 Å². The molecule has 30 heavy (non-hydrogen) atoms. The minimum Gasteiger partial charge on any atom is -0.332 e. The van der Waals surface area contributed by atoms with Crippen LogP contribution in [0.25, 0.3) is 0 Å². The molecule has 3 rings (SSSR count). The van der Waals surface area contributed by atoms with Gasteiger partial charge < -0.3 is 10.6 Å². The molecule has 0 saturated heterocycles. The van der Waals surface area contributed by atoms with Gasteiger partial charge in [0.05, 0.1) is 0 Å². The molecule has 0 unspecified atom stereocenters. The number of hydrogen-bond acceptors (Lipinski definition) is 3. The number of benzene rings is 3. The number of nitrogens with one attached hydrogen (secondary N) is 3. The van der Waals surface area contributed by atoms with Crippen molar-refractivity contribution in [2.75, 3.05) is 10.6 Å². The van der Waals surface area contributed by atoms with Gasteiger partial charge in [0.25, 0.3) is 11.8 Å². The summed E-state index contributed by atoms with van der Waals surface area (Å²) in [5, 5.41) is 8.74. The van der Waals surface area contributed by atoms with Crippen LogP contribution in [0.1, 0.15) is 37.4 Å². The van der Waals surface area contributed by atoms with Gasteiger partial charge in [-0.3, -0.25) is 14.9 Å². The minimum absolute atomic E-state index is 0.183. The third-order valence-corrected chi connectivity index (χ3v) is 4.83. The fourth-order valence-corrected chi connectivity index (χ4v) is 3.31. The van der Waals surface area contributed by atoms with Gasteiger partial charge in [0.15, 0.2) is 5.11 Å². The van der Waals surface area contributed by atoms with Crippen LogP contribution in [0.15, 0.2) is 66.7 Å². The van der Waals surface area contributed by atoms with Gasteiger partial charge in [-0.05, 0) is 74.4 Å². The molecule has 6 heteroatoms. The number of carbonyl (C=O) groups is 2. The van der Waals surface area contributed by atoms with Crippen molar-refractivity contribution in [2.24, 2.45) is 0 Å². The smallest absolute Gasteiger partial charge is 0.257 e. The van der Waals surface area contributed by atoms with Crippen LogP contribution in [0.5, 0.6) is 0 Å². The molecule has 3 aromatic carbocycles. The van der Waals surface area contributed by atoms with E-state index in [9.17, 15) is 9.59 Å². The quantitative estimate of drug-likeness (QED) is 0.523. The summed E-state index contributed by atoms with van der Waals surface area (Å²) >= 11 is 5.28. The Hall–Kier alpha value is -3.51.